The summed E-state index contributed by atoms with van der Waals surface area (Å²) in [4.78, 5) is 6.61. The standard InChI is InChI=1S/C21H21NO2S/c1-2-17(24-21-10-6-7-15-22-21)16-23-18-11-13-20(14-12-18)25-19-8-4-3-5-9-19/h3-15,17H,2,16H2,1H3. The number of ether oxygens (including phenoxy) is 2. The second kappa shape index (κ2) is 9.14. The molecule has 0 spiro atoms. The van der Waals surface area contributed by atoms with Crippen molar-refractivity contribution in [2.24, 2.45) is 0 Å². The van der Waals surface area contributed by atoms with E-state index in [2.05, 4.69) is 36.2 Å². The molecule has 25 heavy (non-hydrogen) atoms. The molecule has 1 aromatic heterocycles. The second-order valence-electron chi connectivity index (χ2n) is 5.51. The summed E-state index contributed by atoms with van der Waals surface area (Å²) in [5.74, 6) is 1.48. The lowest BCUT2D eigenvalue weighted by molar-refractivity contribution is 0.120. The Morgan fingerprint density at radius 2 is 1.60 bits per heavy atom. The van der Waals surface area contributed by atoms with Crippen molar-refractivity contribution in [3.63, 3.8) is 0 Å². The van der Waals surface area contributed by atoms with Crippen LogP contribution in [0.25, 0.3) is 0 Å². The van der Waals surface area contributed by atoms with Crippen molar-refractivity contribution in [3.05, 3.63) is 79.0 Å². The molecule has 0 amide bonds. The molecule has 3 nitrogen and oxygen atoms in total. The van der Waals surface area contributed by atoms with Crippen molar-refractivity contribution in [2.45, 2.75) is 29.2 Å². The van der Waals surface area contributed by atoms with Gasteiger partial charge in [-0.1, -0.05) is 43.0 Å². The van der Waals surface area contributed by atoms with Gasteiger partial charge in [-0.15, -0.1) is 0 Å². The first-order valence-electron chi connectivity index (χ1n) is 8.37. The molecule has 3 aromatic rings. The first kappa shape index (κ1) is 17.4. The highest BCUT2D eigenvalue weighted by atomic mass is 32.2. The number of hydrogen-bond acceptors (Lipinski definition) is 4. The topological polar surface area (TPSA) is 31.4 Å². The zero-order valence-electron chi connectivity index (χ0n) is 14.2. The van der Waals surface area contributed by atoms with Crippen molar-refractivity contribution in [1.29, 1.82) is 0 Å². The Kier molecular flexibility index (Phi) is 6.35. The molecule has 2 aromatic carbocycles. The minimum Gasteiger partial charge on any atom is -0.490 e. The zero-order chi connectivity index (χ0) is 17.3. The molecule has 4 heteroatoms. The molecule has 0 N–H and O–H groups in total. The third-order valence-electron chi connectivity index (χ3n) is 3.62. The van der Waals surface area contributed by atoms with E-state index in [1.165, 1.54) is 9.79 Å². The van der Waals surface area contributed by atoms with Crippen LogP contribution in [-0.2, 0) is 0 Å². The van der Waals surface area contributed by atoms with Crippen LogP contribution < -0.4 is 9.47 Å². The molecule has 0 fully saturated rings. The van der Waals surface area contributed by atoms with E-state index in [1.807, 2.05) is 48.5 Å². The summed E-state index contributed by atoms with van der Waals surface area (Å²) >= 11 is 1.74. The highest BCUT2D eigenvalue weighted by Crippen LogP contribution is 2.28. The third-order valence-corrected chi connectivity index (χ3v) is 4.63. The van der Waals surface area contributed by atoms with Gasteiger partial charge in [0.05, 0.1) is 0 Å². The van der Waals surface area contributed by atoms with E-state index in [4.69, 9.17) is 9.47 Å². The maximum Gasteiger partial charge on any atom is 0.213 e. The Morgan fingerprint density at radius 1 is 0.880 bits per heavy atom. The maximum absolute atomic E-state index is 5.87. The van der Waals surface area contributed by atoms with Crippen LogP contribution in [0.2, 0.25) is 0 Å². The minimum atomic E-state index is -0.0201. The molecule has 0 aliphatic rings. The normalized spacial score (nSPS) is 11.7. The molecular weight excluding hydrogens is 330 g/mol. The molecule has 0 saturated heterocycles. The van der Waals surface area contributed by atoms with Gasteiger partial charge < -0.3 is 9.47 Å². The van der Waals surface area contributed by atoms with Crippen LogP contribution in [0.1, 0.15) is 13.3 Å². The minimum absolute atomic E-state index is 0.0201. The van der Waals surface area contributed by atoms with Crippen molar-refractivity contribution < 1.29 is 9.47 Å². The molecule has 0 bridgehead atoms. The van der Waals surface area contributed by atoms with Crippen LogP contribution in [0.5, 0.6) is 11.6 Å². The maximum atomic E-state index is 5.87. The van der Waals surface area contributed by atoms with Gasteiger partial charge in [-0.2, -0.15) is 0 Å². The van der Waals surface area contributed by atoms with Crippen molar-refractivity contribution in [1.82, 2.24) is 4.98 Å². The van der Waals surface area contributed by atoms with E-state index in [1.54, 1.807) is 18.0 Å². The third kappa shape index (κ3) is 5.54. The fourth-order valence-corrected chi connectivity index (χ4v) is 3.08. The van der Waals surface area contributed by atoms with Crippen LogP contribution in [-0.4, -0.2) is 17.7 Å². The highest BCUT2D eigenvalue weighted by molar-refractivity contribution is 7.99. The summed E-state index contributed by atoms with van der Waals surface area (Å²) in [5, 5.41) is 0. The van der Waals surface area contributed by atoms with Gasteiger partial charge in [-0.25, -0.2) is 4.98 Å². The largest absolute Gasteiger partial charge is 0.490 e. The molecule has 1 heterocycles. The van der Waals surface area contributed by atoms with Gasteiger partial charge >= 0.3 is 0 Å². The molecule has 0 aliphatic heterocycles. The Morgan fingerprint density at radius 3 is 2.28 bits per heavy atom. The van der Waals surface area contributed by atoms with E-state index >= 15 is 0 Å². The molecule has 0 radical (unpaired) electrons. The van der Waals surface area contributed by atoms with Crippen molar-refractivity contribution in [3.8, 4) is 11.6 Å². The predicted octanol–water partition coefficient (Wildman–Crippen LogP) is 5.47. The van der Waals surface area contributed by atoms with Crippen LogP contribution in [0, 0.1) is 0 Å². The van der Waals surface area contributed by atoms with Crippen LogP contribution in [0.3, 0.4) is 0 Å². The van der Waals surface area contributed by atoms with Crippen LogP contribution >= 0.6 is 11.8 Å². The number of rotatable bonds is 8. The first-order chi connectivity index (χ1) is 12.3. The molecule has 1 unspecified atom stereocenters. The van der Waals surface area contributed by atoms with Crippen LogP contribution in [0.4, 0.5) is 0 Å². The summed E-state index contributed by atoms with van der Waals surface area (Å²) in [5.41, 5.74) is 0. The van der Waals surface area contributed by atoms with Gasteiger partial charge in [0.1, 0.15) is 18.5 Å². The van der Waals surface area contributed by atoms with E-state index in [0.29, 0.717) is 12.5 Å². The number of pyridine rings is 1. The second-order valence-corrected chi connectivity index (χ2v) is 6.66. The monoisotopic (exact) mass is 351 g/mol. The highest BCUT2D eigenvalue weighted by Gasteiger charge is 2.10. The number of benzene rings is 2. The van der Waals surface area contributed by atoms with E-state index in [9.17, 15) is 0 Å². The van der Waals surface area contributed by atoms with E-state index in [-0.39, 0.29) is 6.10 Å². The van der Waals surface area contributed by atoms with Gasteiger partial charge in [-0.3, -0.25) is 0 Å². The fourth-order valence-electron chi connectivity index (χ4n) is 2.24. The molecule has 1 atom stereocenters. The average molecular weight is 351 g/mol. The summed E-state index contributed by atoms with van der Waals surface area (Å²) in [6.45, 7) is 2.58. The molecule has 0 aliphatic carbocycles. The quantitative estimate of drug-likeness (QED) is 0.538. The Hall–Kier alpha value is -2.46. The smallest absolute Gasteiger partial charge is 0.213 e. The van der Waals surface area contributed by atoms with Gasteiger partial charge in [0.2, 0.25) is 5.88 Å². The lowest BCUT2D eigenvalue weighted by Gasteiger charge is -2.17. The predicted molar refractivity (Wildman–Crippen MR) is 101 cm³/mol. The summed E-state index contributed by atoms with van der Waals surface area (Å²) in [6, 6.07) is 24.1. The van der Waals surface area contributed by atoms with E-state index < -0.39 is 0 Å². The van der Waals surface area contributed by atoms with Gasteiger partial charge in [0, 0.05) is 22.1 Å². The molecule has 128 valence electrons. The van der Waals surface area contributed by atoms with Gasteiger partial charge in [0.25, 0.3) is 0 Å². The number of hydrogen-bond donors (Lipinski definition) is 0. The SMILES string of the molecule is CCC(COc1ccc(Sc2ccccc2)cc1)Oc1ccccn1. The lowest BCUT2D eigenvalue weighted by Crippen LogP contribution is -2.24. The number of nitrogens with zero attached hydrogens (tertiary/aromatic N) is 1. The Bertz CT molecular complexity index is 748. The zero-order valence-corrected chi connectivity index (χ0v) is 15.0. The van der Waals surface area contributed by atoms with E-state index in [0.717, 1.165) is 12.2 Å². The fraction of sp³-hybridized carbons (Fsp3) is 0.190. The van der Waals surface area contributed by atoms with Gasteiger partial charge in [-0.05, 0) is 48.9 Å². The van der Waals surface area contributed by atoms with Crippen molar-refractivity contribution >= 4 is 11.8 Å². The summed E-state index contributed by atoms with van der Waals surface area (Å²) < 4.78 is 11.7. The van der Waals surface area contributed by atoms with Crippen LogP contribution in [0.15, 0.2) is 88.8 Å². The molecular formula is C21H21NO2S. The summed E-state index contributed by atoms with van der Waals surface area (Å²) in [7, 11) is 0. The number of aromatic nitrogens is 1. The lowest BCUT2D eigenvalue weighted by atomic mass is 10.3. The average Bonchev–Trinajstić information content (AvgIpc) is 2.68. The summed E-state index contributed by atoms with van der Waals surface area (Å²) in [6.07, 6.45) is 2.57. The Balaban J connectivity index is 1.52. The Labute approximate surface area is 153 Å². The molecule has 3 rings (SSSR count). The first-order valence-corrected chi connectivity index (χ1v) is 9.18. The van der Waals surface area contributed by atoms with Crippen molar-refractivity contribution in [2.75, 3.05) is 6.61 Å². The van der Waals surface area contributed by atoms with Gasteiger partial charge in [0.15, 0.2) is 0 Å². The molecule has 0 saturated carbocycles.